The normalized spacial score (nSPS) is 11.7. The van der Waals surface area contributed by atoms with Crippen LogP contribution in [-0.2, 0) is 44.6 Å². The quantitative estimate of drug-likeness (QED) is 0.0696. The average Bonchev–Trinajstić information content (AvgIpc) is 4.32. The second-order valence-corrected chi connectivity index (χ2v) is 20.1. The predicted octanol–water partition coefficient (Wildman–Crippen LogP) is 13.2. The van der Waals surface area contributed by atoms with Gasteiger partial charge in [-0.05, 0) is 78.6 Å². The Labute approximate surface area is 463 Å². The number of aryl methyl sites for hydroxylation is 2. The number of hydrogen-bond acceptors (Lipinski definition) is 9. The molecular weight excluding hydrogens is 1010 g/mol. The molecule has 4 heterocycles. The van der Waals surface area contributed by atoms with E-state index in [9.17, 15) is 5.11 Å². The van der Waals surface area contributed by atoms with Gasteiger partial charge in [-0.25, -0.2) is 14.6 Å². The minimum absolute atomic E-state index is 0.175. The molecule has 7 aromatic carbocycles. The van der Waals surface area contributed by atoms with Gasteiger partial charge in [-0.15, -0.1) is 15.3 Å². The van der Waals surface area contributed by atoms with Crippen LogP contribution in [-0.4, -0.2) is 64.6 Å². The summed E-state index contributed by atoms with van der Waals surface area (Å²) in [6, 6.07) is 64.8. The van der Waals surface area contributed by atoms with Crippen LogP contribution in [0.3, 0.4) is 0 Å². The Morgan fingerprint density at radius 3 is 1.42 bits per heavy atom. The highest BCUT2D eigenvalue weighted by Crippen LogP contribution is 2.43. The lowest BCUT2D eigenvalue weighted by atomic mass is 9.77. The molecule has 11 aromatic rings. The Morgan fingerprint density at radius 2 is 0.923 bits per heavy atom. The van der Waals surface area contributed by atoms with Crippen LogP contribution in [0.5, 0.6) is 0 Å². The number of rotatable bonds is 21. The molecule has 0 aliphatic heterocycles. The Morgan fingerprint density at radius 1 is 0.474 bits per heavy atom. The molecular formula is C63H58Cl2N12O. The zero-order valence-electron chi connectivity index (χ0n) is 43.5. The highest BCUT2D eigenvalue weighted by atomic mass is 35.5. The van der Waals surface area contributed by atoms with Crippen LogP contribution in [0.4, 0.5) is 0 Å². The van der Waals surface area contributed by atoms with Crippen molar-refractivity contribution in [2.24, 2.45) is 0 Å². The largest absolute Gasteiger partial charge is 0.390 e. The first kappa shape index (κ1) is 51.7. The number of aromatic nitrogens is 12. The van der Waals surface area contributed by atoms with Crippen molar-refractivity contribution < 1.29 is 5.11 Å². The molecule has 4 aromatic heterocycles. The monoisotopic (exact) mass is 1070 g/mol. The Balaban J connectivity index is 0.868. The zero-order valence-corrected chi connectivity index (χ0v) is 45.1. The van der Waals surface area contributed by atoms with Crippen molar-refractivity contribution in [2.75, 3.05) is 0 Å². The van der Waals surface area contributed by atoms with Crippen molar-refractivity contribution in [3.8, 4) is 45.0 Å². The molecule has 11 rings (SSSR count). The maximum absolute atomic E-state index is 10.1. The highest BCUT2D eigenvalue weighted by Gasteiger charge is 2.42. The standard InChI is InChI=1S/C63H58Cl2N12O/c1-3-5-30-57-66-59(64)55(42-76-70-61(68-72-76)53-28-18-16-26-51(53)46-36-32-45(33-37-46)41-75-56(43-78)60(65)67-58(75)31-6-4-2)74(57)40-44-34-38-47(39-35-44)52-27-17-19-29-54(52)62-69-71-73-77(62)63(48-20-10-7-11-21-48,49-22-12-8-13-23-49)50-24-14-9-15-25-50/h7-29,32-39,78H,3-6,30-31,40-43H2,1-2H3. The summed E-state index contributed by atoms with van der Waals surface area (Å²) in [4.78, 5) is 11.1. The van der Waals surface area contributed by atoms with E-state index >= 15 is 0 Å². The molecule has 1 N–H and O–H groups in total. The van der Waals surface area contributed by atoms with Gasteiger partial charge in [0.2, 0.25) is 5.82 Å². The summed E-state index contributed by atoms with van der Waals surface area (Å²) in [7, 11) is 0. The molecule has 78 heavy (non-hydrogen) atoms. The van der Waals surface area contributed by atoms with Crippen LogP contribution in [0.15, 0.2) is 188 Å². The lowest BCUT2D eigenvalue weighted by molar-refractivity contribution is 0.271. The zero-order chi connectivity index (χ0) is 53.4. The highest BCUT2D eigenvalue weighted by molar-refractivity contribution is 6.30. The van der Waals surface area contributed by atoms with Crippen molar-refractivity contribution in [3.63, 3.8) is 0 Å². The van der Waals surface area contributed by atoms with Crippen molar-refractivity contribution in [1.82, 2.24) is 59.5 Å². The summed E-state index contributed by atoms with van der Waals surface area (Å²) < 4.78 is 6.22. The van der Waals surface area contributed by atoms with Gasteiger partial charge in [-0.2, -0.15) is 4.80 Å². The van der Waals surface area contributed by atoms with Gasteiger partial charge in [0.05, 0.1) is 18.0 Å². The van der Waals surface area contributed by atoms with Crippen molar-refractivity contribution in [3.05, 3.63) is 249 Å². The van der Waals surface area contributed by atoms with Gasteiger partial charge in [0.1, 0.15) is 23.7 Å². The first-order valence-electron chi connectivity index (χ1n) is 26.6. The van der Waals surface area contributed by atoms with E-state index in [1.807, 2.05) is 51.7 Å². The first-order chi connectivity index (χ1) is 38.4. The number of hydrogen-bond donors (Lipinski definition) is 1. The van der Waals surface area contributed by atoms with Crippen LogP contribution >= 0.6 is 23.2 Å². The number of aliphatic hydroxyl groups excluding tert-OH is 1. The molecule has 0 fully saturated rings. The molecule has 15 heteroatoms. The molecule has 0 unspecified atom stereocenters. The summed E-state index contributed by atoms with van der Waals surface area (Å²) in [5.74, 6) is 2.93. The SMILES string of the molecule is CCCCc1nc(Cl)c(CO)n1Cc1ccc(-c2ccccc2-c2nnn(Cc3c(Cl)nc(CCCC)n3Cc3ccc(-c4ccccc4-c4nnnn4C(c4ccccc4)(c4ccccc4)c4ccccc4)cc3)n2)cc1. The minimum Gasteiger partial charge on any atom is -0.390 e. The van der Waals surface area contributed by atoms with Crippen LogP contribution in [0.1, 0.15) is 90.4 Å². The molecule has 0 amide bonds. The summed E-state index contributed by atoms with van der Waals surface area (Å²) >= 11 is 13.5. The van der Waals surface area contributed by atoms with E-state index in [1.165, 1.54) is 0 Å². The second kappa shape index (κ2) is 23.5. The maximum Gasteiger partial charge on any atom is 0.205 e. The molecule has 0 spiro atoms. The van der Waals surface area contributed by atoms with Crippen LogP contribution < -0.4 is 0 Å². The maximum atomic E-state index is 10.1. The van der Waals surface area contributed by atoms with Crippen LogP contribution in [0.25, 0.3) is 45.0 Å². The third kappa shape index (κ3) is 10.3. The number of unbranched alkanes of at least 4 members (excludes halogenated alkanes) is 2. The second-order valence-electron chi connectivity index (χ2n) is 19.4. The molecule has 0 saturated carbocycles. The van der Waals surface area contributed by atoms with Crippen LogP contribution in [0, 0.1) is 0 Å². The fraction of sp³-hybridized carbons (Fsp3) is 0.206. The van der Waals surface area contributed by atoms with Crippen molar-refractivity contribution in [1.29, 1.82) is 0 Å². The summed E-state index contributed by atoms with van der Waals surface area (Å²) in [6.45, 7) is 5.52. The summed E-state index contributed by atoms with van der Waals surface area (Å²) in [6.07, 6.45) is 5.58. The summed E-state index contributed by atoms with van der Waals surface area (Å²) in [5, 5.41) is 39.0. The lowest BCUT2D eigenvalue weighted by Gasteiger charge is -2.36. The molecule has 0 aliphatic rings. The van der Waals surface area contributed by atoms with E-state index in [-0.39, 0.29) is 13.2 Å². The lowest BCUT2D eigenvalue weighted by Crippen LogP contribution is -2.39. The molecule has 0 radical (unpaired) electrons. The van der Waals surface area contributed by atoms with Gasteiger partial charge < -0.3 is 14.2 Å². The molecule has 0 aliphatic carbocycles. The number of tetrazole rings is 2. The van der Waals surface area contributed by atoms with Gasteiger partial charge in [0.25, 0.3) is 0 Å². The van der Waals surface area contributed by atoms with Gasteiger partial charge in [0.15, 0.2) is 16.1 Å². The van der Waals surface area contributed by atoms with E-state index in [0.29, 0.717) is 40.7 Å². The molecule has 0 saturated heterocycles. The number of nitrogens with zero attached hydrogens (tertiary/aromatic N) is 12. The van der Waals surface area contributed by atoms with E-state index < -0.39 is 5.54 Å². The van der Waals surface area contributed by atoms with E-state index in [0.717, 1.165) is 117 Å². The Kier molecular flexibility index (Phi) is 15.6. The fourth-order valence-corrected chi connectivity index (χ4v) is 11.1. The Bertz CT molecular complexity index is 3660. The number of imidazole rings is 2. The van der Waals surface area contributed by atoms with E-state index in [2.05, 4.69) is 185 Å². The third-order valence-corrected chi connectivity index (χ3v) is 15.1. The average molecular weight is 1070 g/mol. The van der Waals surface area contributed by atoms with Gasteiger partial charge in [-0.3, -0.25) is 0 Å². The van der Waals surface area contributed by atoms with Gasteiger partial charge in [-0.1, -0.05) is 238 Å². The van der Waals surface area contributed by atoms with Crippen molar-refractivity contribution >= 4 is 23.2 Å². The van der Waals surface area contributed by atoms with Gasteiger partial charge >= 0.3 is 0 Å². The van der Waals surface area contributed by atoms with Gasteiger partial charge in [0, 0.05) is 37.1 Å². The topological polar surface area (TPSA) is 143 Å². The number of aliphatic hydroxyl groups is 1. The smallest absolute Gasteiger partial charge is 0.205 e. The molecule has 390 valence electrons. The van der Waals surface area contributed by atoms with E-state index in [4.69, 9.17) is 43.6 Å². The molecule has 13 nitrogen and oxygen atoms in total. The predicted molar refractivity (Wildman–Crippen MR) is 307 cm³/mol. The number of benzene rings is 7. The van der Waals surface area contributed by atoms with E-state index in [1.54, 1.807) is 4.80 Å². The third-order valence-electron chi connectivity index (χ3n) is 14.5. The molecule has 0 bridgehead atoms. The Hall–Kier alpha value is -8.36. The van der Waals surface area contributed by atoms with Crippen molar-refractivity contribution in [2.45, 2.75) is 84.2 Å². The minimum atomic E-state index is -0.898. The van der Waals surface area contributed by atoms with Crippen LogP contribution in [0.2, 0.25) is 10.3 Å². The molecule has 0 atom stereocenters. The number of halogens is 2. The summed E-state index contributed by atoms with van der Waals surface area (Å²) in [5.41, 5.74) is 11.5. The first-order valence-corrected chi connectivity index (χ1v) is 27.3. The fourth-order valence-electron chi connectivity index (χ4n) is 10.6.